The van der Waals surface area contributed by atoms with Gasteiger partial charge in [0.1, 0.15) is 0 Å². The van der Waals surface area contributed by atoms with Crippen LogP contribution < -0.4 is 4.72 Å². The SMILES string of the molecule is CCS(=O)(=O)NC[C@@H]1CN(Cc2ccc(C)s2)Cc2cncn21. The van der Waals surface area contributed by atoms with Crippen molar-refractivity contribution in [1.82, 2.24) is 19.2 Å². The minimum atomic E-state index is -3.18. The molecule has 1 aliphatic heterocycles. The van der Waals surface area contributed by atoms with Crippen molar-refractivity contribution in [3.63, 3.8) is 0 Å². The maximum Gasteiger partial charge on any atom is 0.211 e. The van der Waals surface area contributed by atoms with Crippen molar-refractivity contribution in [2.45, 2.75) is 33.0 Å². The number of nitrogens with zero attached hydrogens (tertiary/aromatic N) is 3. The van der Waals surface area contributed by atoms with Crippen LogP contribution in [0.25, 0.3) is 0 Å². The molecule has 1 atom stereocenters. The molecule has 0 saturated carbocycles. The van der Waals surface area contributed by atoms with Gasteiger partial charge in [0.05, 0.1) is 23.8 Å². The fourth-order valence-corrected chi connectivity index (χ4v) is 4.45. The van der Waals surface area contributed by atoms with E-state index in [1.807, 2.05) is 17.5 Å². The van der Waals surface area contributed by atoms with E-state index in [0.29, 0.717) is 6.54 Å². The third kappa shape index (κ3) is 4.00. The third-order valence-electron chi connectivity index (χ3n) is 4.09. The van der Waals surface area contributed by atoms with Gasteiger partial charge in [0, 0.05) is 42.1 Å². The zero-order valence-corrected chi connectivity index (χ0v) is 15.0. The second-order valence-corrected chi connectivity index (χ2v) is 9.35. The highest BCUT2D eigenvalue weighted by Crippen LogP contribution is 2.24. The average molecular weight is 355 g/mol. The Morgan fingerprint density at radius 3 is 2.96 bits per heavy atom. The number of rotatable bonds is 6. The Morgan fingerprint density at radius 1 is 1.43 bits per heavy atom. The summed E-state index contributed by atoms with van der Waals surface area (Å²) in [6.45, 7) is 6.71. The lowest BCUT2D eigenvalue weighted by atomic mass is 10.2. The van der Waals surface area contributed by atoms with E-state index in [1.165, 1.54) is 9.75 Å². The Labute approximate surface area is 141 Å². The Bertz CT molecular complexity index is 766. The topological polar surface area (TPSA) is 67.2 Å². The molecule has 2 aromatic heterocycles. The van der Waals surface area contributed by atoms with Crippen molar-refractivity contribution < 1.29 is 8.42 Å². The molecule has 0 fully saturated rings. The van der Waals surface area contributed by atoms with Crippen LogP contribution in [0.2, 0.25) is 0 Å². The van der Waals surface area contributed by atoms with E-state index in [-0.39, 0.29) is 11.8 Å². The first-order valence-electron chi connectivity index (χ1n) is 7.72. The quantitative estimate of drug-likeness (QED) is 0.858. The highest BCUT2D eigenvalue weighted by Gasteiger charge is 2.26. The molecular weight excluding hydrogens is 332 g/mol. The molecule has 0 saturated heterocycles. The predicted octanol–water partition coefficient (Wildman–Crippen LogP) is 1.75. The van der Waals surface area contributed by atoms with Crippen LogP contribution in [-0.4, -0.2) is 41.7 Å². The number of sulfonamides is 1. The standard InChI is InChI=1S/C15H22N4O2S2/c1-3-23(20,21)17-7-14-9-18(8-13-6-16-11-19(13)14)10-15-5-4-12(2)22-15/h4-6,11,14,17H,3,7-10H2,1-2H3/t14-/m1/s1. The van der Waals surface area contributed by atoms with Gasteiger partial charge >= 0.3 is 0 Å². The number of aryl methyl sites for hydroxylation is 1. The fourth-order valence-electron chi connectivity index (χ4n) is 2.86. The van der Waals surface area contributed by atoms with Crippen LogP contribution in [0, 0.1) is 6.92 Å². The largest absolute Gasteiger partial charge is 0.328 e. The van der Waals surface area contributed by atoms with Crippen molar-refractivity contribution in [2.24, 2.45) is 0 Å². The minimum Gasteiger partial charge on any atom is -0.328 e. The molecule has 0 amide bonds. The van der Waals surface area contributed by atoms with Crippen molar-refractivity contribution in [1.29, 1.82) is 0 Å². The maximum atomic E-state index is 11.7. The van der Waals surface area contributed by atoms with Crippen LogP contribution in [0.4, 0.5) is 0 Å². The van der Waals surface area contributed by atoms with Gasteiger partial charge in [-0.05, 0) is 26.0 Å². The summed E-state index contributed by atoms with van der Waals surface area (Å²) >= 11 is 1.81. The molecule has 23 heavy (non-hydrogen) atoms. The first kappa shape index (κ1) is 16.6. The summed E-state index contributed by atoms with van der Waals surface area (Å²) in [7, 11) is -3.18. The molecule has 0 radical (unpaired) electrons. The van der Waals surface area contributed by atoms with E-state index in [2.05, 4.69) is 38.2 Å². The lowest BCUT2D eigenvalue weighted by Crippen LogP contribution is -2.42. The van der Waals surface area contributed by atoms with Crippen LogP contribution in [0.1, 0.15) is 28.4 Å². The first-order valence-corrected chi connectivity index (χ1v) is 10.2. The van der Waals surface area contributed by atoms with Gasteiger partial charge in [-0.2, -0.15) is 0 Å². The molecule has 1 N–H and O–H groups in total. The van der Waals surface area contributed by atoms with E-state index in [0.717, 1.165) is 25.3 Å². The van der Waals surface area contributed by atoms with Gasteiger partial charge in [-0.25, -0.2) is 18.1 Å². The zero-order chi connectivity index (χ0) is 16.4. The van der Waals surface area contributed by atoms with Gasteiger partial charge in [-0.15, -0.1) is 11.3 Å². The van der Waals surface area contributed by atoms with Crippen LogP contribution in [0.5, 0.6) is 0 Å². The Hall–Kier alpha value is -1.22. The molecule has 3 rings (SSSR count). The van der Waals surface area contributed by atoms with Crippen molar-refractivity contribution >= 4 is 21.4 Å². The molecule has 2 aromatic rings. The van der Waals surface area contributed by atoms with Gasteiger partial charge in [0.25, 0.3) is 0 Å². The molecule has 1 aliphatic rings. The van der Waals surface area contributed by atoms with Crippen LogP contribution in [0.15, 0.2) is 24.7 Å². The van der Waals surface area contributed by atoms with Gasteiger partial charge in [-0.1, -0.05) is 0 Å². The van der Waals surface area contributed by atoms with Crippen molar-refractivity contribution in [2.75, 3.05) is 18.8 Å². The number of imidazole rings is 1. The van der Waals surface area contributed by atoms with Gasteiger partial charge in [0.2, 0.25) is 10.0 Å². The van der Waals surface area contributed by atoms with Gasteiger partial charge < -0.3 is 4.57 Å². The molecule has 126 valence electrons. The number of hydrogen-bond acceptors (Lipinski definition) is 5. The highest BCUT2D eigenvalue weighted by atomic mass is 32.2. The van der Waals surface area contributed by atoms with E-state index in [1.54, 1.807) is 13.3 Å². The second kappa shape index (κ2) is 6.72. The molecule has 3 heterocycles. The number of thiophene rings is 1. The normalized spacial score (nSPS) is 19.0. The lowest BCUT2D eigenvalue weighted by molar-refractivity contribution is 0.179. The Morgan fingerprint density at radius 2 is 2.26 bits per heavy atom. The minimum absolute atomic E-state index is 0.0728. The summed E-state index contributed by atoms with van der Waals surface area (Å²) in [5.41, 5.74) is 1.13. The fraction of sp³-hybridized carbons (Fsp3) is 0.533. The molecule has 8 heteroatoms. The van der Waals surface area contributed by atoms with E-state index < -0.39 is 10.0 Å². The van der Waals surface area contributed by atoms with E-state index >= 15 is 0 Å². The smallest absolute Gasteiger partial charge is 0.211 e. The van der Waals surface area contributed by atoms with Gasteiger partial charge in [0.15, 0.2) is 0 Å². The summed E-state index contributed by atoms with van der Waals surface area (Å²) in [5, 5.41) is 0. The molecule has 0 bridgehead atoms. The van der Waals surface area contributed by atoms with E-state index in [9.17, 15) is 8.42 Å². The number of nitrogens with one attached hydrogen (secondary N) is 1. The van der Waals surface area contributed by atoms with Crippen LogP contribution in [0.3, 0.4) is 0 Å². The molecule has 0 spiro atoms. The predicted molar refractivity (Wildman–Crippen MR) is 91.9 cm³/mol. The average Bonchev–Trinajstić information content (AvgIpc) is 3.14. The highest BCUT2D eigenvalue weighted by molar-refractivity contribution is 7.89. The zero-order valence-electron chi connectivity index (χ0n) is 13.4. The number of aromatic nitrogens is 2. The first-order chi connectivity index (χ1) is 11.0. The molecule has 0 aromatic carbocycles. The van der Waals surface area contributed by atoms with Gasteiger partial charge in [-0.3, -0.25) is 4.90 Å². The lowest BCUT2D eigenvalue weighted by Gasteiger charge is -2.34. The van der Waals surface area contributed by atoms with E-state index in [4.69, 9.17) is 0 Å². The summed E-state index contributed by atoms with van der Waals surface area (Å²) in [6.07, 6.45) is 3.67. The summed E-state index contributed by atoms with van der Waals surface area (Å²) in [5.74, 6) is 0.106. The molecule has 6 nitrogen and oxygen atoms in total. The Balaban J connectivity index is 1.72. The van der Waals surface area contributed by atoms with Crippen molar-refractivity contribution in [3.05, 3.63) is 40.1 Å². The maximum absolute atomic E-state index is 11.7. The second-order valence-electron chi connectivity index (χ2n) is 5.88. The Kier molecular flexibility index (Phi) is 4.86. The summed E-state index contributed by atoms with van der Waals surface area (Å²) < 4.78 is 28.2. The van der Waals surface area contributed by atoms with Crippen LogP contribution >= 0.6 is 11.3 Å². The summed E-state index contributed by atoms with van der Waals surface area (Å²) in [6, 6.07) is 4.38. The molecule has 0 aliphatic carbocycles. The summed E-state index contributed by atoms with van der Waals surface area (Å²) in [4.78, 5) is 9.23. The van der Waals surface area contributed by atoms with Crippen molar-refractivity contribution in [3.8, 4) is 0 Å². The number of fused-ring (bicyclic) bond motifs is 1. The molecular formula is C15H22N4O2S2. The molecule has 0 unspecified atom stereocenters. The third-order valence-corrected chi connectivity index (χ3v) is 6.44. The van der Waals surface area contributed by atoms with Crippen LogP contribution in [-0.2, 0) is 23.1 Å². The monoisotopic (exact) mass is 354 g/mol. The number of hydrogen-bond donors (Lipinski definition) is 1.